The average Bonchev–Trinajstić information content (AvgIpc) is 3.00. The number of ketones is 1. The molecule has 0 N–H and O–H groups in total. The molecule has 3 atom stereocenters. The quantitative estimate of drug-likeness (QED) is 0.830. The van der Waals surface area contributed by atoms with E-state index in [2.05, 4.69) is 59.5 Å². The largest absolute Gasteiger partial charge is 0.299 e. The number of hydrogen-bond acceptors (Lipinski definition) is 2. The van der Waals surface area contributed by atoms with Crippen LogP contribution in [0.15, 0.2) is 54.6 Å². The highest BCUT2D eigenvalue weighted by molar-refractivity contribution is 5.90. The zero-order chi connectivity index (χ0) is 16.1. The van der Waals surface area contributed by atoms with Crippen LogP contribution in [0.2, 0.25) is 0 Å². The minimum absolute atomic E-state index is 0.155. The van der Waals surface area contributed by atoms with Gasteiger partial charge in [-0.05, 0) is 47.4 Å². The molecule has 2 bridgehead atoms. The van der Waals surface area contributed by atoms with E-state index in [0.29, 0.717) is 17.1 Å². The second-order valence-electron chi connectivity index (χ2n) is 7.92. The Labute approximate surface area is 143 Å². The molecular formula is C22H23NO. The zero-order valence-electron chi connectivity index (χ0n) is 13.9. The van der Waals surface area contributed by atoms with Gasteiger partial charge in [-0.25, -0.2) is 0 Å². The predicted octanol–water partition coefficient (Wildman–Crippen LogP) is 4.12. The smallest absolute Gasteiger partial charge is 0.141 e. The van der Waals surface area contributed by atoms with Crippen molar-refractivity contribution in [2.24, 2.45) is 5.41 Å². The topological polar surface area (TPSA) is 20.3 Å². The molecule has 2 fully saturated rings. The summed E-state index contributed by atoms with van der Waals surface area (Å²) in [7, 11) is 0. The summed E-state index contributed by atoms with van der Waals surface area (Å²) >= 11 is 0. The predicted molar refractivity (Wildman–Crippen MR) is 94.9 cm³/mol. The normalized spacial score (nSPS) is 31.6. The molecule has 2 heteroatoms. The number of benzene rings is 2. The molecule has 0 aromatic heterocycles. The zero-order valence-corrected chi connectivity index (χ0v) is 13.9. The number of likely N-dealkylation sites (tertiary alicyclic amines) is 1. The van der Waals surface area contributed by atoms with Gasteiger partial charge in [0.15, 0.2) is 0 Å². The van der Waals surface area contributed by atoms with Gasteiger partial charge in [0.05, 0.1) is 0 Å². The van der Waals surface area contributed by atoms with Gasteiger partial charge < -0.3 is 0 Å². The van der Waals surface area contributed by atoms with Crippen LogP contribution in [0.25, 0.3) is 0 Å². The van der Waals surface area contributed by atoms with Crippen LogP contribution in [0.1, 0.15) is 47.8 Å². The van der Waals surface area contributed by atoms with E-state index in [-0.39, 0.29) is 5.92 Å². The lowest BCUT2D eigenvalue weighted by Crippen LogP contribution is -2.45. The van der Waals surface area contributed by atoms with Crippen LogP contribution in [-0.2, 0) is 11.3 Å². The van der Waals surface area contributed by atoms with E-state index >= 15 is 0 Å². The molecule has 4 aliphatic rings. The molecule has 1 aliphatic heterocycles. The summed E-state index contributed by atoms with van der Waals surface area (Å²) in [5.41, 5.74) is 4.51. The average molecular weight is 317 g/mol. The molecule has 122 valence electrons. The van der Waals surface area contributed by atoms with Gasteiger partial charge in [-0.1, -0.05) is 54.6 Å². The number of nitrogens with zero attached hydrogens (tertiary/aromatic N) is 1. The summed E-state index contributed by atoms with van der Waals surface area (Å²) < 4.78 is 0. The SMILES string of the molecule is O=C1C[C@@H]2c3ccccc3[C@H]1C[C@@]21CCN(Cc2ccccc2)C1. The fourth-order valence-electron chi connectivity index (χ4n) is 5.50. The van der Waals surface area contributed by atoms with Crippen LogP contribution in [0.3, 0.4) is 0 Å². The third kappa shape index (κ3) is 2.09. The molecule has 0 unspecified atom stereocenters. The summed E-state index contributed by atoms with van der Waals surface area (Å²) in [6, 6.07) is 19.5. The first kappa shape index (κ1) is 14.4. The third-order valence-electron chi connectivity index (χ3n) is 6.60. The van der Waals surface area contributed by atoms with Crippen molar-refractivity contribution in [3.63, 3.8) is 0 Å². The summed E-state index contributed by atoms with van der Waals surface area (Å²) in [5, 5.41) is 0. The van der Waals surface area contributed by atoms with Crippen molar-refractivity contribution >= 4 is 5.78 Å². The Morgan fingerprint density at radius 3 is 2.58 bits per heavy atom. The highest BCUT2D eigenvalue weighted by atomic mass is 16.1. The van der Waals surface area contributed by atoms with Gasteiger partial charge in [0, 0.05) is 25.4 Å². The molecule has 24 heavy (non-hydrogen) atoms. The molecule has 6 rings (SSSR count). The van der Waals surface area contributed by atoms with Gasteiger partial charge in [0.1, 0.15) is 5.78 Å². The number of hydrogen-bond donors (Lipinski definition) is 0. The summed E-state index contributed by atoms with van der Waals surface area (Å²) in [6.45, 7) is 3.34. The maximum atomic E-state index is 12.5. The van der Waals surface area contributed by atoms with E-state index in [9.17, 15) is 4.79 Å². The first-order chi connectivity index (χ1) is 11.8. The van der Waals surface area contributed by atoms with Gasteiger partial charge in [-0.3, -0.25) is 9.69 Å². The Balaban J connectivity index is 1.43. The minimum atomic E-state index is 0.155. The number of carbonyl (C=O) groups is 1. The lowest BCUT2D eigenvalue weighted by Gasteiger charge is -2.50. The van der Waals surface area contributed by atoms with Crippen molar-refractivity contribution in [2.75, 3.05) is 13.1 Å². The molecule has 2 aromatic carbocycles. The number of fused-ring (bicyclic) bond motifs is 1. The molecule has 0 radical (unpaired) electrons. The van der Waals surface area contributed by atoms with Crippen molar-refractivity contribution < 1.29 is 4.79 Å². The van der Waals surface area contributed by atoms with E-state index < -0.39 is 0 Å². The van der Waals surface area contributed by atoms with Crippen molar-refractivity contribution in [3.8, 4) is 0 Å². The van der Waals surface area contributed by atoms with Crippen LogP contribution in [0.4, 0.5) is 0 Å². The number of rotatable bonds is 2. The fraction of sp³-hybridized carbons (Fsp3) is 0.409. The number of carbonyl (C=O) groups excluding carboxylic acids is 1. The van der Waals surface area contributed by atoms with Crippen LogP contribution >= 0.6 is 0 Å². The lowest BCUT2D eigenvalue weighted by molar-refractivity contribution is -0.126. The summed E-state index contributed by atoms with van der Waals surface area (Å²) in [5.74, 6) is 1.07. The minimum Gasteiger partial charge on any atom is -0.299 e. The fourth-order valence-corrected chi connectivity index (χ4v) is 5.50. The van der Waals surface area contributed by atoms with Crippen molar-refractivity contribution in [1.29, 1.82) is 0 Å². The second-order valence-corrected chi connectivity index (χ2v) is 7.92. The molecule has 1 saturated carbocycles. The Morgan fingerprint density at radius 1 is 1.00 bits per heavy atom. The third-order valence-corrected chi connectivity index (χ3v) is 6.60. The molecule has 1 heterocycles. The highest BCUT2D eigenvalue weighted by Gasteiger charge is 2.55. The Bertz CT molecular complexity index is 784. The van der Waals surface area contributed by atoms with E-state index in [1.54, 1.807) is 0 Å². The van der Waals surface area contributed by atoms with Crippen LogP contribution < -0.4 is 0 Å². The molecule has 0 amide bonds. The van der Waals surface area contributed by atoms with E-state index in [1.807, 2.05) is 0 Å². The van der Waals surface area contributed by atoms with Gasteiger partial charge >= 0.3 is 0 Å². The van der Waals surface area contributed by atoms with Crippen molar-refractivity contribution in [1.82, 2.24) is 4.90 Å². The van der Waals surface area contributed by atoms with Gasteiger partial charge in [-0.2, -0.15) is 0 Å². The monoisotopic (exact) mass is 317 g/mol. The van der Waals surface area contributed by atoms with Crippen LogP contribution in [0, 0.1) is 5.41 Å². The molecule has 3 aliphatic carbocycles. The van der Waals surface area contributed by atoms with Crippen LogP contribution in [0.5, 0.6) is 0 Å². The van der Waals surface area contributed by atoms with Crippen LogP contribution in [-0.4, -0.2) is 23.8 Å². The Hall–Kier alpha value is -1.93. The molecular weight excluding hydrogens is 294 g/mol. The van der Waals surface area contributed by atoms with E-state index in [0.717, 1.165) is 32.5 Å². The summed E-state index contributed by atoms with van der Waals surface area (Å²) in [4.78, 5) is 15.1. The van der Waals surface area contributed by atoms with E-state index in [4.69, 9.17) is 0 Å². The number of Topliss-reactive ketones (excluding diaryl/α,β-unsaturated/α-hetero) is 1. The van der Waals surface area contributed by atoms with Gasteiger partial charge in [0.25, 0.3) is 0 Å². The van der Waals surface area contributed by atoms with Crippen molar-refractivity contribution in [3.05, 3.63) is 71.3 Å². The second kappa shape index (κ2) is 5.29. The first-order valence-corrected chi connectivity index (χ1v) is 9.13. The summed E-state index contributed by atoms with van der Waals surface area (Å²) in [6.07, 6.45) is 3.07. The Kier molecular flexibility index (Phi) is 3.18. The maximum Gasteiger partial charge on any atom is 0.141 e. The van der Waals surface area contributed by atoms with E-state index in [1.165, 1.54) is 23.1 Å². The van der Waals surface area contributed by atoms with Gasteiger partial charge in [0.2, 0.25) is 0 Å². The van der Waals surface area contributed by atoms with Crippen molar-refractivity contribution in [2.45, 2.75) is 37.6 Å². The Morgan fingerprint density at radius 2 is 1.75 bits per heavy atom. The lowest BCUT2D eigenvalue weighted by atomic mass is 9.53. The standard InChI is InChI=1S/C22H23NO/c24-21-12-20-18-9-5-4-8-17(18)19(21)13-22(20)10-11-23(15-22)14-16-6-2-1-3-7-16/h1-9,19-20H,10-15H2/t19-,20-,22-/m1/s1. The first-order valence-electron chi connectivity index (χ1n) is 9.13. The van der Waals surface area contributed by atoms with Gasteiger partial charge in [-0.15, -0.1) is 0 Å². The molecule has 2 aromatic rings. The highest BCUT2D eigenvalue weighted by Crippen LogP contribution is 2.60. The molecule has 1 saturated heterocycles. The molecule has 1 spiro atoms. The molecule has 2 nitrogen and oxygen atoms in total. The maximum absolute atomic E-state index is 12.5.